The zero-order chi connectivity index (χ0) is 37.3. The van der Waals surface area contributed by atoms with Crippen LogP contribution in [0, 0.1) is 0 Å². The predicted octanol–water partition coefficient (Wildman–Crippen LogP) is 14.5. The van der Waals surface area contributed by atoms with E-state index in [-0.39, 0.29) is 18.0 Å². The summed E-state index contributed by atoms with van der Waals surface area (Å²) in [4.78, 5) is 27.1. The Morgan fingerprint density at radius 3 is 1.24 bits per heavy atom. The molecule has 1 unspecified atom stereocenters. The largest absolute Gasteiger partial charge is 0.466 e. The standard InChI is InChI=1S/C46H91NO4/c1-5-9-12-15-23-27-31-38-44(37-30-26-16-13-10-6-2)51-46(49)40-33-35-42-47(8-4)41-34-29-25-22-20-18-17-19-21-24-28-32-39-45(48)50-43-36-14-11-7-3/h44H,5-43H2,1-4H3. The molecule has 0 aliphatic rings. The number of carbonyl (C=O) groups excluding carboxylic acids is 2. The van der Waals surface area contributed by atoms with Crippen LogP contribution in [0.5, 0.6) is 0 Å². The maximum atomic E-state index is 12.8. The Balaban J connectivity index is 3.84. The number of esters is 2. The van der Waals surface area contributed by atoms with Crippen molar-refractivity contribution in [3.05, 3.63) is 0 Å². The summed E-state index contributed by atoms with van der Waals surface area (Å²) in [6.07, 6.45) is 42.6. The predicted molar refractivity (Wildman–Crippen MR) is 222 cm³/mol. The van der Waals surface area contributed by atoms with Crippen LogP contribution in [-0.4, -0.2) is 49.2 Å². The molecule has 0 aromatic rings. The van der Waals surface area contributed by atoms with Gasteiger partial charge in [0.1, 0.15) is 6.10 Å². The topological polar surface area (TPSA) is 55.8 Å². The van der Waals surface area contributed by atoms with Crippen LogP contribution in [0.1, 0.15) is 252 Å². The summed E-state index contributed by atoms with van der Waals surface area (Å²) in [6, 6.07) is 0. The fourth-order valence-electron chi connectivity index (χ4n) is 7.18. The van der Waals surface area contributed by atoms with E-state index in [1.165, 1.54) is 173 Å². The number of rotatable bonds is 42. The molecule has 0 radical (unpaired) electrons. The van der Waals surface area contributed by atoms with Crippen molar-refractivity contribution in [3.8, 4) is 0 Å². The lowest BCUT2D eigenvalue weighted by molar-refractivity contribution is -0.150. The van der Waals surface area contributed by atoms with Crippen LogP contribution in [0.25, 0.3) is 0 Å². The van der Waals surface area contributed by atoms with E-state index < -0.39 is 0 Å². The molecule has 0 aromatic carbocycles. The van der Waals surface area contributed by atoms with Crippen molar-refractivity contribution in [2.24, 2.45) is 0 Å². The second kappa shape index (κ2) is 41.7. The minimum Gasteiger partial charge on any atom is -0.466 e. The first kappa shape index (κ1) is 49.9. The zero-order valence-corrected chi connectivity index (χ0v) is 35.2. The van der Waals surface area contributed by atoms with Crippen molar-refractivity contribution < 1.29 is 19.1 Å². The highest BCUT2D eigenvalue weighted by Gasteiger charge is 2.14. The molecular formula is C46H91NO4. The fourth-order valence-corrected chi connectivity index (χ4v) is 7.18. The SMILES string of the molecule is CCCCCCCCCC(CCCCCCCC)OC(=O)CCCCN(CC)CCCCCCCCCCCCCCC(=O)OCCCCCC. The summed E-state index contributed by atoms with van der Waals surface area (Å²) >= 11 is 0. The van der Waals surface area contributed by atoms with Crippen molar-refractivity contribution in [2.75, 3.05) is 26.2 Å². The molecule has 5 heteroatoms. The molecule has 304 valence electrons. The van der Waals surface area contributed by atoms with Gasteiger partial charge in [-0.05, 0) is 77.4 Å². The van der Waals surface area contributed by atoms with Gasteiger partial charge in [-0.3, -0.25) is 9.59 Å². The molecular weight excluding hydrogens is 631 g/mol. The van der Waals surface area contributed by atoms with E-state index in [2.05, 4.69) is 32.6 Å². The molecule has 1 atom stereocenters. The van der Waals surface area contributed by atoms with E-state index in [9.17, 15) is 9.59 Å². The summed E-state index contributed by atoms with van der Waals surface area (Å²) in [6.45, 7) is 13.0. The quantitative estimate of drug-likeness (QED) is 0.0464. The smallest absolute Gasteiger partial charge is 0.306 e. The van der Waals surface area contributed by atoms with Gasteiger partial charge in [-0.15, -0.1) is 0 Å². The van der Waals surface area contributed by atoms with Gasteiger partial charge in [0.2, 0.25) is 0 Å². The third-order valence-electron chi connectivity index (χ3n) is 10.7. The Kier molecular flexibility index (Phi) is 40.8. The maximum absolute atomic E-state index is 12.8. The average molecular weight is 722 g/mol. The van der Waals surface area contributed by atoms with Gasteiger partial charge in [0.05, 0.1) is 6.61 Å². The Morgan fingerprint density at radius 1 is 0.412 bits per heavy atom. The van der Waals surface area contributed by atoms with Crippen molar-refractivity contribution in [1.82, 2.24) is 4.90 Å². The molecule has 0 rings (SSSR count). The first-order valence-electron chi connectivity index (χ1n) is 23.1. The minimum atomic E-state index is -0.00104. The van der Waals surface area contributed by atoms with E-state index in [1.807, 2.05) is 0 Å². The van der Waals surface area contributed by atoms with Crippen molar-refractivity contribution in [3.63, 3.8) is 0 Å². The highest BCUT2D eigenvalue weighted by molar-refractivity contribution is 5.69. The Bertz CT molecular complexity index is 713. The van der Waals surface area contributed by atoms with Crippen LogP contribution < -0.4 is 0 Å². The Morgan fingerprint density at radius 2 is 0.765 bits per heavy atom. The molecule has 0 N–H and O–H groups in total. The molecule has 0 saturated carbocycles. The van der Waals surface area contributed by atoms with E-state index >= 15 is 0 Å². The summed E-state index contributed by atoms with van der Waals surface area (Å²) in [7, 11) is 0. The van der Waals surface area contributed by atoms with Gasteiger partial charge >= 0.3 is 11.9 Å². The molecule has 51 heavy (non-hydrogen) atoms. The molecule has 0 heterocycles. The first-order chi connectivity index (χ1) is 25.1. The van der Waals surface area contributed by atoms with E-state index in [0.717, 1.165) is 58.0 Å². The molecule has 0 aliphatic heterocycles. The monoisotopic (exact) mass is 722 g/mol. The van der Waals surface area contributed by atoms with E-state index in [4.69, 9.17) is 9.47 Å². The number of hydrogen-bond donors (Lipinski definition) is 0. The lowest BCUT2D eigenvalue weighted by atomic mass is 10.0. The van der Waals surface area contributed by atoms with Crippen LogP contribution >= 0.6 is 0 Å². The highest BCUT2D eigenvalue weighted by atomic mass is 16.5. The van der Waals surface area contributed by atoms with Gasteiger partial charge in [-0.2, -0.15) is 0 Å². The fraction of sp³-hybridized carbons (Fsp3) is 0.957. The molecule has 0 amide bonds. The highest BCUT2D eigenvalue weighted by Crippen LogP contribution is 2.19. The van der Waals surface area contributed by atoms with Gasteiger partial charge in [-0.1, -0.05) is 182 Å². The van der Waals surface area contributed by atoms with Crippen LogP contribution in [0.4, 0.5) is 0 Å². The average Bonchev–Trinajstić information content (AvgIpc) is 3.13. The van der Waals surface area contributed by atoms with Gasteiger partial charge < -0.3 is 14.4 Å². The number of carbonyl (C=O) groups is 2. The van der Waals surface area contributed by atoms with Crippen LogP contribution in [-0.2, 0) is 19.1 Å². The van der Waals surface area contributed by atoms with Gasteiger partial charge in [0.25, 0.3) is 0 Å². The molecule has 5 nitrogen and oxygen atoms in total. The zero-order valence-electron chi connectivity index (χ0n) is 35.2. The molecule has 0 bridgehead atoms. The van der Waals surface area contributed by atoms with Crippen LogP contribution in [0.15, 0.2) is 0 Å². The van der Waals surface area contributed by atoms with E-state index in [0.29, 0.717) is 19.4 Å². The molecule has 0 aliphatic carbocycles. The summed E-state index contributed by atoms with van der Waals surface area (Å²) in [5.74, 6) is 0.0400. The number of ether oxygens (including phenoxy) is 2. The molecule has 0 aromatic heterocycles. The van der Waals surface area contributed by atoms with Crippen LogP contribution in [0.2, 0.25) is 0 Å². The van der Waals surface area contributed by atoms with Crippen molar-refractivity contribution in [2.45, 2.75) is 259 Å². The Hall–Kier alpha value is -1.10. The van der Waals surface area contributed by atoms with Gasteiger partial charge in [-0.25, -0.2) is 0 Å². The summed E-state index contributed by atoms with van der Waals surface area (Å²) in [5, 5.41) is 0. The third kappa shape index (κ3) is 38.4. The third-order valence-corrected chi connectivity index (χ3v) is 10.7. The van der Waals surface area contributed by atoms with Gasteiger partial charge in [0.15, 0.2) is 0 Å². The van der Waals surface area contributed by atoms with Crippen LogP contribution in [0.3, 0.4) is 0 Å². The van der Waals surface area contributed by atoms with Crippen molar-refractivity contribution in [1.29, 1.82) is 0 Å². The van der Waals surface area contributed by atoms with Gasteiger partial charge in [0, 0.05) is 12.8 Å². The summed E-state index contributed by atoms with van der Waals surface area (Å²) < 4.78 is 11.4. The number of unbranched alkanes of at least 4 members (excludes halogenated alkanes) is 26. The molecule has 0 spiro atoms. The summed E-state index contributed by atoms with van der Waals surface area (Å²) in [5.41, 5.74) is 0. The van der Waals surface area contributed by atoms with Crippen molar-refractivity contribution >= 4 is 11.9 Å². The maximum Gasteiger partial charge on any atom is 0.306 e. The second-order valence-corrected chi connectivity index (χ2v) is 15.7. The molecule has 0 fully saturated rings. The lowest BCUT2D eigenvalue weighted by Gasteiger charge is -2.21. The number of hydrogen-bond acceptors (Lipinski definition) is 5. The Labute approximate surface area is 319 Å². The van der Waals surface area contributed by atoms with E-state index in [1.54, 1.807) is 0 Å². The normalized spacial score (nSPS) is 12.1. The lowest BCUT2D eigenvalue weighted by Crippen LogP contribution is -2.26. The number of nitrogens with zero attached hydrogens (tertiary/aromatic N) is 1. The first-order valence-corrected chi connectivity index (χ1v) is 23.1. The second-order valence-electron chi connectivity index (χ2n) is 15.7. The molecule has 0 saturated heterocycles. The minimum absolute atomic E-state index is 0.00104.